The van der Waals surface area contributed by atoms with E-state index < -0.39 is 0 Å². The molecule has 6 nitrogen and oxygen atoms in total. The van der Waals surface area contributed by atoms with Gasteiger partial charge in [0.1, 0.15) is 0 Å². The zero-order valence-electron chi connectivity index (χ0n) is 16.3. The summed E-state index contributed by atoms with van der Waals surface area (Å²) in [6, 6.07) is 7.57. The highest BCUT2D eigenvalue weighted by Gasteiger charge is 2.39. The molecule has 0 unspecified atom stereocenters. The van der Waals surface area contributed by atoms with Gasteiger partial charge in [0.2, 0.25) is 17.7 Å². The first-order valence-electron chi connectivity index (χ1n) is 10.1. The van der Waals surface area contributed by atoms with Crippen LogP contribution in [0.2, 0.25) is 0 Å². The molecule has 0 bridgehead atoms. The Morgan fingerprint density at radius 3 is 2.82 bits per heavy atom. The number of hydrogen-bond acceptors (Lipinski definition) is 3. The lowest BCUT2D eigenvalue weighted by atomic mass is 9.95. The van der Waals surface area contributed by atoms with Crippen molar-refractivity contribution < 1.29 is 14.4 Å². The molecule has 2 aliphatic rings. The van der Waals surface area contributed by atoms with Crippen LogP contribution in [-0.2, 0) is 14.4 Å². The second-order valence-electron chi connectivity index (χ2n) is 7.65. The maximum atomic E-state index is 13.0. The number of amides is 3. The predicted octanol–water partition coefficient (Wildman–Crippen LogP) is 2.96. The van der Waals surface area contributed by atoms with E-state index in [0.29, 0.717) is 26.2 Å². The predicted molar refractivity (Wildman–Crippen MR) is 112 cm³/mol. The molecular weight excluding hydrogens is 422 g/mol. The molecule has 2 heterocycles. The van der Waals surface area contributed by atoms with Crippen molar-refractivity contribution in [3.05, 3.63) is 28.7 Å². The molecule has 1 aromatic carbocycles. The van der Waals surface area contributed by atoms with Crippen LogP contribution in [0.4, 0.5) is 5.69 Å². The van der Waals surface area contributed by atoms with Crippen molar-refractivity contribution in [3.63, 3.8) is 0 Å². The van der Waals surface area contributed by atoms with Gasteiger partial charge in [0.05, 0.1) is 11.8 Å². The molecule has 0 aliphatic carbocycles. The second-order valence-corrected chi connectivity index (χ2v) is 8.57. The summed E-state index contributed by atoms with van der Waals surface area (Å²) in [6.07, 6.45) is 3.88. The fraction of sp³-hybridized carbons (Fsp3) is 0.571. The Morgan fingerprint density at radius 1 is 1.25 bits per heavy atom. The summed E-state index contributed by atoms with van der Waals surface area (Å²) in [7, 11) is 0. The summed E-state index contributed by atoms with van der Waals surface area (Å²) in [5.74, 6) is -0.468. The van der Waals surface area contributed by atoms with Crippen molar-refractivity contribution in [3.8, 4) is 0 Å². The molecule has 0 spiro atoms. The minimum Gasteiger partial charge on any atom is -0.356 e. The fourth-order valence-corrected chi connectivity index (χ4v) is 4.34. The van der Waals surface area contributed by atoms with Crippen molar-refractivity contribution >= 4 is 39.3 Å². The van der Waals surface area contributed by atoms with Gasteiger partial charge in [-0.3, -0.25) is 14.4 Å². The summed E-state index contributed by atoms with van der Waals surface area (Å²) in [4.78, 5) is 41.3. The number of unbranched alkanes of at least 4 members (excludes halogenated alkanes) is 1. The zero-order valence-corrected chi connectivity index (χ0v) is 17.9. The van der Waals surface area contributed by atoms with Crippen LogP contribution in [0.1, 0.15) is 39.0 Å². The van der Waals surface area contributed by atoms with E-state index in [9.17, 15) is 14.4 Å². The van der Waals surface area contributed by atoms with Crippen molar-refractivity contribution in [2.24, 2.45) is 11.8 Å². The summed E-state index contributed by atoms with van der Waals surface area (Å²) < 4.78 is 0.903. The lowest BCUT2D eigenvalue weighted by molar-refractivity contribution is -0.139. The zero-order chi connectivity index (χ0) is 20.1. The SMILES string of the molecule is CCCCNC(=O)[C@@H]1CCCN(C(=O)[C@H]2CC(=O)N(c3cccc(Br)c3)C2)C1. The quantitative estimate of drug-likeness (QED) is 0.678. The number of carbonyl (C=O) groups is 3. The van der Waals surface area contributed by atoms with Crippen molar-refractivity contribution in [2.75, 3.05) is 31.1 Å². The number of halogens is 1. The third-order valence-corrected chi connectivity index (χ3v) is 6.02. The summed E-state index contributed by atoms with van der Waals surface area (Å²) in [5, 5.41) is 2.98. The van der Waals surface area contributed by atoms with Crippen LogP contribution in [0.15, 0.2) is 28.7 Å². The smallest absolute Gasteiger partial charge is 0.228 e. The number of benzene rings is 1. The van der Waals surface area contributed by atoms with E-state index in [1.54, 1.807) is 9.80 Å². The second kappa shape index (κ2) is 9.54. The lowest BCUT2D eigenvalue weighted by Crippen LogP contribution is -2.47. The Balaban J connectivity index is 1.59. The Kier molecular flexibility index (Phi) is 7.10. The van der Waals surface area contributed by atoms with E-state index in [0.717, 1.165) is 35.8 Å². The number of likely N-dealkylation sites (tertiary alicyclic amines) is 1. The van der Waals surface area contributed by atoms with E-state index >= 15 is 0 Å². The van der Waals surface area contributed by atoms with E-state index in [1.165, 1.54) is 0 Å². The van der Waals surface area contributed by atoms with E-state index in [4.69, 9.17) is 0 Å². The monoisotopic (exact) mass is 449 g/mol. The molecule has 1 aromatic rings. The molecule has 0 aromatic heterocycles. The normalized spacial score (nSPS) is 22.4. The van der Waals surface area contributed by atoms with Gasteiger partial charge in [0, 0.05) is 42.8 Å². The molecule has 28 heavy (non-hydrogen) atoms. The number of nitrogens with zero attached hydrogens (tertiary/aromatic N) is 2. The van der Waals surface area contributed by atoms with Crippen molar-refractivity contribution in [1.29, 1.82) is 0 Å². The average Bonchev–Trinajstić information content (AvgIpc) is 3.09. The number of rotatable bonds is 6. The third kappa shape index (κ3) is 4.93. The Labute approximate surface area is 174 Å². The van der Waals surface area contributed by atoms with Crippen LogP contribution in [-0.4, -0.2) is 48.8 Å². The molecule has 1 N–H and O–H groups in total. The van der Waals surface area contributed by atoms with Crippen molar-refractivity contribution in [2.45, 2.75) is 39.0 Å². The molecule has 2 fully saturated rings. The molecular formula is C21H28BrN3O3. The summed E-state index contributed by atoms with van der Waals surface area (Å²) in [5.41, 5.74) is 0.807. The maximum Gasteiger partial charge on any atom is 0.228 e. The number of hydrogen-bond donors (Lipinski definition) is 1. The minimum atomic E-state index is -0.339. The van der Waals surface area contributed by atoms with Crippen LogP contribution in [0.3, 0.4) is 0 Å². The summed E-state index contributed by atoms with van der Waals surface area (Å²) in [6.45, 7) is 4.31. The van der Waals surface area contributed by atoms with Gasteiger partial charge in [0.25, 0.3) is 0 Å². The van der Waals surface area contributed by atoms with E-state index in [2.05, 4.69) is 28.2 Å². The van der Waals surface area contributed by atoms with Gasteiger partial charge in [-0.25, -0.2) is 0 Å². The molecule has 0 radical (unpaired) electrons. The number of carbonyl (C=O) groups excluding carboxylic acids is 3. The number of anilines is 1. The Hall–Kier alpha value is -1.89. The standard InChI is InChI=1S/C21H28BrN3O3/c1-2-3-9-23-20(27)15-6-5-10-24(13-15)21(28)16-11-19(26)25(14-16)18-8-4-7-17(22)12-18/h4,7-8,12,15-16H,2-3,5-6,9-11,13-14H2,1H3,(H,23,27)/t15-,16+/m1/s1. The Bertz CT molecular complexity index is 739. The van der Waals surface area contributed by atoms with E-state index in [-0.39, 0.29) is 36.0 Å². The molecule has 3 rings (SSSR count). The third-order valence-electron chi connectivity index (χ3n) is 5.53. The first-order chi connectivity index (χ1) is 13.5. The first kappa shape index (κ1) is 20.8. The van der Waals surface area contributed by atoms with Gasteiger partial charge < -0.3 is 15.1 Å². The number of piperidine rings is 1. The van der Waals surface area contributed by atoms with E-state index in [1.807, 2.05) is 24.3 Å². The molecule has 0 saturated carbocycles. The molecule has 3 amide bonds. The highest BCUT2D eigenvalue weighted by atomic mass is 79.9. The number of nitrogens with one attached hydrogen (secondary N) is 1. The van der Waals surface area contributed by atoms with Crippen LogP contribution in [0.25, 0.3) is 0 Å². The Morgan fingerprint density at radius 2 is 2.07 bits per heavy atom. The highest BCUT2D eigenvalue weighted by molar-refractivity contribution is 9.10. The minimum absolute atomic E-state index is 0.00287. The van der Waals surface area contributed by atoms with Crippen LogP contribution < -0.4 is 10.2 Å². The maximum absolute atomic E-state index is 13.0. The topological polar surface area (TPSA) is 69.7 Å². The van der Waals surface area contributed by atoms with Gasteiger partial charge in [-0.2, -0.15) is 0 Å². The van der Waals surface area contributed by atoms with Gasteiger partial charge in [-0.15, -0.1) is 0 Å². The molecule has 2 atom stereocenters. The summed E-state index contributed by atoms with van der Waals surface area (Å²) >= 11 is 3.43. The van der Waals surface area contributed by atoms with Crippen LogP contribution in [0, 0.1) is 11.8 Å². The van der Waals surface area contributed by atoms with Crippen LogP contribution in [0.5, 0.6) is 0 Å². The van der Waals surface area contributed by atoms with Crippen LogP contribution >= 0.6 is 15.9 Å². The average molecular weight is 450 g/mol. The molecule has 7 heteroatoms. The van der Waals surface area contributed by atoms with Gasteiger partial charge >= 0.3 is 0 Å². The largest absolute Gasteiger partial charge is 0.356 e. The van der Waals surface area contributed by atoms with Crippen molar-refractivity contribution in [1.82, 2.24) is 10.2 Å². The molecule has 2 saturated heterocycles. The highest BCUT2D eigenvalue weighted by Crippen LogP contribution is 2.29. The first-order valence-corrected chi connectivity index (χ1v) is 10.9. The molecule has 152 valence electrons. The van der Waals surface area contributed by atoms with Gasteiger partial charge in [0.15, 0.2) is 0 Å². The molecule has 2 aliphatic heterocycles. The lowest BCUT2D eigenvalue weighted by Gasteiger charge is -2.33. The fourth-order valence-electron chi connectivity index (χ4n) is 3.95. The van der Waals surface area contributed by atoms with Gasteiger partial charge in [-0.1, -0.05) is 35.3 Å². The van der Waals surface area contributed by atoms with Gasteiger partial charge in [-0.05, 0) is 37.5 Å².